The van der Waals surface area contributed by atoms with Crippen LogP contribution in [0.1, 0.15) is 17.1 Å². The molecule has 0 atom stereocenters. The van der Waals surface area contributed by atoms with E-state index in [2.05, 4.69) is 4.98 Å². The van der Waals surface area contributed by atoms with Crippen LogP contribution in [0.2, 0.25) is 0 Å². The van der Waals surface area contributed by atoms with Gasteiger partial charge in [0.1, 0.15) is 29.4 Å². The number of ether oxygens (including phenoxy) is 1. The van der Waals surface area contributed by atoms with E-state index in [0.29, 0.717) is 13.2 Å². The predicted molar refractivity (Wildman–Crippen MR) is 77.4 cm³/mol. The van der Waals surface area contributed by atoms with E-state index in [1.807, 2.05) is 43.3 Å². The molecule has 4 nitrogen and oxygen atoms in total. The average molecular weight is 268 g/mol. The summed E-state index contributed by atoms with van der Waals surface area (Å²) in [5, 5.41) is 1.07. The van der Waals surface area contributed by atoms with E-state index in [9.17, 15) is 0 Å². The molecule has 0 spiro atoms. The van der Waals surface area contributed by atoms with Gasteiger partial charge in [0.2, 0.25) is 0 Å². The molecule has 0 aliphatic rings. The SMILES string of the molecule is Cc1oc(CN)cc1COc1cccc2cccnc12. The molecule has 102 valence electrons. The summed E-state index contributed by atoms with van der Waals surface area (Å²) in [4.78, 5) is 4.37. The molecule has 2 aromatic heterocycles. The van der Waals surface area contributed by atoms with Gasteiger partial charge < -0.3 is 14.9 Å². The highest BCUT2D eigenvalue weighted by Gasteiger charge is 2.08. The van der Waals surface area contributed by atoms with Gasteiger partial charge in [-0.25, -0.2) is 0 Å². The number of nitrogens with two attached hydrogens (primary N) is 1. The van der Waals surface area contributed by atoms with Crippen LogP contribution < -0.4 is 10.5 Å². The monoisotopic (exact) mass is 268 g/mol. The number of hydrogen-bond donors (Lipinski definition) is 1. The van der Waals surface area contributed by atoms with Crippen molar-refractivity contribution in [2.75, 3.05) is 0 Å². The summed E-state index contributed by atoms with van der Waals surface area (Å²) in [5.41, 5.74) is 7.45. The van der Waals surface area contributed by atoms with Gasteiger partial charge in [-0.15, -0.1) is 0 Å². The normalized spacial score (nSPS) is 10.9. The van der Waals surface area contributed by atoms with Crippen LogP contribution in [0.25, 0.3) is 10.9 Å². The predicted octanol–water partition coefficient (Wildman–Crippen LogP) is 3.17. The third-order valence-corrected chi connectivity index (χ3v) is 3.25. The second kappa shape index (κ2) is 5.35. The lowest BCUT2D eigenvalue weighted by Gasteiger charge is -2.07. The number of furan rings is 1. The third-order valence-electron chi connectivity index (χ3n) is 3.25. The van der Waals surface area contributed by atoms with Gasteiger partial charge in [0.15, 0.2) is 0 Å². The average Bonchev–Trinajstić information content (AvgIpc) is 2.85. The molecule has 3 rings (SSSR count). The fourth-order valence-electron chi connectivity index (χ4n) is 2.18. The lowest BCUT2D eigenvalue weighted by atomic mass is 10.2. The van der Waals surface area contributed by atoms with Crippen LogP contribution >= 0.6 is 0 Å². The van der Waals surface area contributed by atoms with Crippen molar-refractivity contribution in [2.45, 2.75) is 20.1 Å². The van der Waals surface area contributed by atoms with E-state index >= 15 is 0 Å². The minimum Gasteiger partial charge on any atom is -0.486 e. The minimum atomic E-state index is 0.399. The molecule has 0 amide bonds. The van der Waals surface area contributed by atoms with Crippen LogP contribution in [0.3, 0.4) is 0 Å². The van der Waals surface area contributed by atoms with E-state index in [0.717, 1.165) is 33.7 Å². The van der Waals surface area contributed by atoms with Crippen LogP contribution in [0.4, 0.5) is 0 Å². The van der Waals surface area contributed by atoms with Gasteiger partial charge in [-0.2, -0.15) is 0 Å². The summed E-state index contributed by atoms with van der Waals surface area (Å²) in [5.74, 6) is 2.40. The number of nitrogens with zero attached hydrogens (tertiary/aromatic N) is 1. The number of hydrogen-bond acceptors (Lipinski definition) is 4. The molecule has 0 unspecified atom stereocenters. The molecule has 3 aromatic rings. The van der Waals surface area contributed by atoms with Gasteiger partial charge in [-0.3, -0.25) is 4.98 Å². The number of para-hydroxylation sites is 1. The van der Waals surface area contributed by atoms with Gasteiger partial charge in [-0.1, -0.05) is 18.2 Å². The second-order valence-corrected chi connectivity index (χ2v) is 4.62. The van der Waals surface area contributed by atoms with Crippen LogP contribution in [-0.4, -0.2) is 4.98 Å². The highest BCUT2D eigenvalue weighted by atomic mass is 16.5. The first-order valence-corrected chi connectivity index (χ1v) is 6.52. The highest BCUT2D eigenvalue weighted by Crippen LogP contribution is 2.24. The zero-order valence-corrected chi connectivity index (χ0v) is 11.3. The summed E-state index contributed by atoms with van der Waals surface area (Å²) in [6.07, 6.45) is 1.77. The maximum atomic E-state index is 5.88. The first-order valence-electron chi connectivity index (χ1n) is 6.52. The number of aryl methyl sites for hydroxylation is 1. The Morgan fingerprint density at radius 2 is 2.10 bits per heavy atom. The molecule has 0 radical (unpaired) electrons. The van der Waals surface area contributed by atoms with Crippen LogP contribution in [0.5, 0.6) is 5.75 Å². The number of aromatic nitrogens is 1. The Bertz CT molecular complexity index is 729. The third kappa shape index (κ3) is 2.38. The molecule has 0 aliphatic heterocycles. The van der Waals surface area contributed by atoms with E-state index in [1.54, 1.807) is 6.20 Å². The van der Waals surface area contributed by atoms with Gasteiger partial charge in [-0.05, 0) is 25.1 Å². The summed E-state index contributed by atoms with van der Waals surface area (Å²) in [7, 11) is 0. The largest absolute Gasteiger partial charge is 0.486 e. The Labute approximate surface area is 117 Å². The highest BCUT2D eigenvalue weighted by molar-refractivity contribution is 5.84. The number of benzene rings is 1. The van der Waals surface area contributed by atoms with Gasteiger partial charge in [0, 0.05) is 17.1 Å². The smallest absolute Gasteiger partial charge is 0.146 e. The van der Waals surface area contributed by atoms with Crippen LogP contribution in [0.15, 0.2) is 47.0 Å². The van der Waals surface area contributed by atoms with E-state index in [-0.39, 0.29) is 0 Å². The van der Waals surface area contributed by atoms with Crippen molar-refractivity contribution in [3.05, 3.63) is 59.7 Å². The molecule has 0 aliphatic carbocycles. The molecular formula is C16H16N2O2. The summed E-state index contributed by atoms with van der Waals surface area (Å²) in [6.45, 7) is 2.76. The Kier molecular flexibility index (Phi) is 3.39. The lowest BCUT2D eigenvalue weighted by molar-refractivity contribution is 0.306. The molecule has 2 N–H and O–H groups in total. The topological polar surface area (TPSA) is 61.3 Å². The maximum absolute atomic E-state index is 5.88. The van der Waals surface area contributed by atoms with Crippen molar-refractivity contribution < 1.29 is 9.15 Å². The van der Waals surface area contributed by atoms with Crippen LogP contribution in [-0.2, 0) is 13.2 Å². The van der Waals surface area contributed by atoms with Crippen molar-refractivity contribution in [2.24, 2.45) is 5.73 Å². The van der Waals surface area contributed by atoms with Crippen molar-refractivity contribution >= 4 is 10.9 Å². The lowest BCUT2D eigenvalue weighted by Crippen LogP contribution is -1.97. The van der Waals surface area contributed by atoms with Gasteiger partial charge >= 0.3 is 0 Å². The van der Waals surface area contributed by atoms with Crippen molar-refractivity contribution in [1.29, 1.82) is 0 Å². The zero-order valence-electron chi connectivity index (χ0n) is 11.3. The van der Waals surface area contributed by atoms with Crippen molar-refractivity contribution in [3.8, 4) is 5.75 Å². The summed E-state index contributed by atoms with van der Waals surface area (Å²) >= 11 is 0. The first kappa shape index (κ1) is 12.7. The Morgan fingerprint density at radius 3 is 2.90 bits per heavy atom. The fourth-order valence-corrected chi connectivity index (χ4v) is 2.18. The molecular weight excluding hydrogens is 252 g/mol. The van der Waals surface area contributed by atoms with E-state index < -0.39 is 0 Å². The maximum Gasteiger partial charge on any atom is 0.146 e. The Balaban J connectivity index is 1.85. The molecule has 0 bridgehead atoms. The van der Waals surface area contributed by atoms with Gasteiger partial charge in [0.25, 0.3) is 0 Å². The molecule has 4 heteroatoms. The molecule has 0 fully saturated rings. The number of fused-ring (bicyclic) bond motifs is 1. The van der Waals surface area contributed by atoms with Crippen molar-refractivity contribution in [3.63, 3.8) is 0 Å². The van der Waals surface area contributed by atoms with E-state index in [1.165, 1.54) is 0 Å². The molecule has 1 aromatic carbocycles. The van der Waals surface area contributed by atoms with Crippen LogP contribution in [0, 0.1) is 6.92 Å². The van der Waals surface area contributed by atoms with Crippen molar-refractivity contribution in [1.82, 2.24) is 4.98 Å². The standard InChI is InChI=1S/C16H16N2O2/c1-11-13(8-14(9-17)20-11)10-19-15-6-2-4-12-5-3-7-18-16(12)15/h2-8H,9-10,17H2,1H3. The molecule has 0 saturated carbocycles. The minimum absolute atomic E-state index is 0.399. The molecule has 2 heterocycles. The quantitative estimate of drug-likeness (QED) is 0.789. The first-order chi connectivity index (χ1) is 9.78. The summed E-state index contributed by atoms with van der Waals surface area (Å²) in [6, 6.07) is 11.8. The Morgan fingerprint density at radius 1 is 1.25 bits per heavy atom. The molecule has 20 heavy (non-hydrogen) atoms. The van der Waals surface area contributed by atoms with Gasteiger partial charge in [0.05, 0.1) is 6.54 Å². The molecule has 0 saturated heterocycles. The number of pyridine rings is 1. The van der Waals surface area contributed by atoms with E-state index in [4.69, 9.17) is 14.9 Å². The Hall–Kier alpha value is -2.33. The summed E-state index contributed by atoms with van der Waals surface area (Å²) < 4.78 is 11.4. The zero-order chi connectivity index (χ0) is 13.9. The second-order valence-electron chi connectivity index (χ2n) is 4.62. The fraction of sp³-hybridized carbons (Fsp3) is 0.188. The number of rotatable bonds is 4.